The van der Waals surface area contributed by atoms with Gasteiger partial charge in [0.1, 0.15) is 6.07 Å². The van der Waals surface area contributed by atoms with Crippen molar-refractivity contribution in [2.75, 3.05) is 37.6 Å². The first-order valence-corrected chi connectivity index (χ1v) is 10.4. The first-order valence-electron chi connectivity index (χ1n) is 9.52. The van der Waals surface area contributed by atoms with Gasteiger partial charge in [-0.1, -0.05) is 6.07 Å². The summed E-state index contributed by atoms with van der Waals surface area (Å²) in [6.45, 7) is 4.77. The number of aryl methyl sites for hydroxylation is 1. The second kappa shape index (κ2) is 8.51. The van der Waals surface area contributed by atoms with Gasteiger partial charge in [0, 0.05) is 43.3 Å². The third kappa shape index (κ3) is 4.50. The van der Waals surface area contributed by atoms with Crippen LogP contribution in [0.5, 0.6) is 5.88 Å². The van der Waals surface area contributed by atoms with Crippen molar-refractivity contribution in [3.05, 3.63) is 40.9 Å². The molecule has 2 aromatic heterocycles. The summed E-state index contributed by atoms with van der Waals surface area (Å²) < 4.78 is 4.82. The molecule has 0 atom stereocenters. The van der Waals surface area contributed by atoms with E-state index in [9.17, 15) is 10.1 Å². The number of benzene rings is 1. The van der Waals surface area contributed by atoms with Gasteiger partial charge in [-0.25, -0.2) is 4.79 Å². The van der Waals surface area contributed by atoms with Gasteiger partial charge in [-0.05, 0) is 37.1 Å². The number of fused-ring (bicyclic) bond motifs is 1. The molecule has 0 radical (unpaired) electrons. The maximum atomic E-state index is 10.8. The van der Waals surface area contributed by atoms with Gasteiger partial charge in [0.05, 0.1) is 10.9 Å². The minimum Gasteiger partial charge on any atom is -0.390 e. The number of aromatic nitrogens is 2. The molecule has 0 spiro atoms. The highest BCUT2D eigenvalue weighted by atomic mass is 32.1. The normalized spacial score (nSPS) is 14.8. The van der Waals surface area contributed by atoms with Gasteiger partial charge in [-0.15, -0.1) is 11.3 Å². The average molecular weight is 411 g/mol. The maximum Gasteiger partial charge on any atom is 0.411 e. The van der Waals surface area contributed by atoms with E-state index in [0.29, 0.717) is 5.56 Å². The Labute approximate surface area is 172 Å². The Bertz CT molecular complexity index is 1040. The number of ether oxygens (including phenoxy) is 1. The van der Waals surface area contributed by atoms with Gasteiger partial charge in [0.25, 0.3) is 0 Å². The van der Waals surface area contributed by atoms with Gasteiger partial charge in [0.2, 0.25) is 5.88 Å². The first-order chi connectivity index (χ1) is 14.1. The van der Waals surface area contributed by atoms with Crippen molar-refractivity contribution in [3.63, 3.8) is 0 Å². The number of amides is 1. The highest BCUT2D eigenvalue weighted by Crippen LogP contribution is 2.26. The second-order valence-corrected chi connectivity index (χ2v) is 7.85. The summed E-state index contributed by atoms with van der Waals surface area (Å²) in [5.41, 5.74) is 7.99. The molecule has 0 aliphatic carbocycles. The zero-order valence-corrected chi connectivity index (χ0v) is 16.7. The van der Waals surface area contributed by atoms with Crippen LogP contribution in [-0.2, 0) is 6.42 Å². The van der Waals surface area contributed by atoms with Crippen molar-refractivity contribution in [2.45, 2.75) is 12.8 Å². The number of rotatable bonds is 6. The number of hydrogen-bond donors (Lipinski definition) is 2. The van der Waals surface area contributed by atoms with E-state index in [-0.39, 0.29) is 5.88 Å². The Morgan fingerprint density at radius 3 is 2.93 bits per heavy atom. The van der Waals surface area contributed by atoms with E-state index in [1.165, 1.54) is 16.9 Å². The van der Waals surface area contributed by atoms with Crippen LogP contribution < -0.4 is 15.4 Å². The van der Waals surface area contributed by atoms with Gasteiger partial charge in [-0.2, -0.15) is 10.2 Å². The molecular formula is C20H22N6O2S. The average Bonchev–Trinajstić information content (AvgIpc) is 3.34. The van der Waals surface area contributed by atoms with Crippen LogP contribution in [0.25, 0.3) is 10.9 Å². The lowest BCUT2D eigenvalue weighted by atomic mass is 10.1. The molecular weight excluding hydrogens is 388 g/mol. The Kier molecular flexibility index (Phi) is 5.64. The zero-order valence-electron chi connectivity index (χ0n) is 15.9. The molecule has 0 bridgehead atoms. The van der Waals surface area contributed by atoms with Crippen molar-refractivity contribution in [1.29, 1.82) is 5.26 Å². The molecule has 1 aliphatic rings. The molecule has 0 unspecified atom stereocenters. The molecule has 9 heteroatoms. The Hall–Kier alpha value is -3.09. The third-order valence-electron chi connectivity index (χ3n) is 5.13. The first kappa shape index (κ1) is 19.2. The lowest BCUT2D eigenvalue weighted by molar-refractivity contribution is 0.209. The molecule has 8 nitrogen and oxygen atoms in total. The number of carbonyl (C=O) groups excluding carboxylic acids is 1. The fourth-order valence-corrected chi connectivity index (χ4v) is 4.41. The lowest BCUT2D eigenvalue weighted by Gasteiger charge is -2.34. The number of thiazole rings is 1. The minimum atomic E-state index is -0.842. The smallest absolute Gasteiger partial charge is 0.390 e. The lowest BCUT2D eigenvalue weighted by Crippen LogP contribution is -2.46. The zero-order chi connectivity index (χ0) is 20.2. The van der Waals surface area contributed by atoms with E-state index in [1.807, 2.05) is 0 Å². The number of anilines is 1. The van der Waals surface area contributed by atoms with Crippen molar-refractivity contribution < 1.29 is 9.53 Å². The van der Waals surface area contributed by atoms with Crippen LogP contribution in [0, 0.1) is 11.3 Å². The van der Waals surface area contributed by atoms with Crippen molar-refractivity contribution in [2.24, 2.45) is 5.73 Å². The van der Waals surface area contributed by atoms with Crippen molar-refractivity contribution >= 4 is 33.5 Å². The van der Waals surface area contributed by atoms with Crippen molar-refractivity contribution in [1.82, 2.24) is 14.9 Å². The number of nitrogens with one attached hydrogen (secondary N) is 1. The van der Waals surface area contributed by atoms with Gasteiger partial charge < -0.3 is 20.4 Å². The largest absolute Gasteiger partial charge is 0.411 e. The fraction of sp³-hybridized carbons (Fsp3) is 0.350. The van der Waals surface area contributed by atoms with Crippen LogP contribution in [0.1, 0.15) is 17.5 Å². The number of aromatic amines is 1. The Morgan fingerprint density at radius 2 is 2.17 bits per heavy atom. The fourth-order valence-electron chi connectivity index (χ4n) is 3.63. The van der Waals surface area contributed by atoms with E-state index in [4.69, 9.17) is 10.5 Å². The number of piperazine rings is 1. The molecule has 3 aromatic rings. The van der Waals surface area contributed by atoms with Crippen LogP contribution in [0.2, 0.25) is 0 Å². The van der Waals surface area contributed by atoms with E-state index in [0.717, 1.165) is 61.6 Å². The predicted molar refractivity (Wildman–Crippen MR) is 112 cm³/mol. The Morgan fingerprint density at radius 1 is 1.34 bits per heavy atom. The molecule has 150 valence electrons. The summed E-state index contributed by atoms with van der Waals surface area (Å²) in [6.07, 6.45) is 2.99. The van der Waals surface area contributed by atoms with E-state index >= 15 is 0 Å². The van der Waals surface area contributed by atoms with Gasteiger partial charge in [0.15, 0.2) is 5.13 Å². The number of nitriles is 1. The molecule has 1 aliphatic heterocycles. The van der Waals surface area contributed by atoms with E-state index in [2.05, 4.69) is 44.0 Å². The monoisotopic (exact) mass is 410 g/mol. The van der Waals surface area contributed by atoms with Crippen molar-refractivity contribution in [3.8, 4) is 11.9 Å². The number of carbonyl (C=O) groups is 1. The van der Waals surface area contributed by atoms with E-state index in [1.54, 1.807) is 11.6 Å². The van der Waals surface area contributed by atoms with Crippen LogP contribution in [-0.4, -0.2) is 53.7 Å². The SMILES string of the molecule is N#Cc1c[nH]c2ccc(CCCN3CCN(c4nc(OC(N)=O)cs4)CC3)cc12. The minimum absolute atomic E-state index is 0.263. The molecule has 3 heterocycles. The summed E-state index contributed by atoms with van der Waals surface area (Å²) in [5, 5.41) is 12.8. The Balaban J connectivity index is 1.24. The molecule has 1 aromatic carbocycles. The highest BCUT2D eigenvalue weighted by molar-refractivity contribution is 7.13. The standard InChI is InChI=1S/C20H22N6O2S/c21-11-15-12-23-17-4-3-14(10-16(15)17)2-1-5-25-6-8-26(9-7-25)20-24-18(13-29-20)28-19(22)27/h3-4,10,12-13,23H,1-2,5-9H2,(H2,22,27). The third-order valence-corrected chi connectivity index (χ3v) is 6.01. The van der Waals surface area contributed by atoms with Crippen LogP contribution in [0.4, 0.5) is 9.93 Å². The summed E-state index contributed by atoms with van der Waals surface area (Å²) in [4.78, 5) is 22.9. The van der Waals surface area contributed by atoms with Crippen LogP contribution in [0.15, 0.2) is 29.8 Å². The number of H-pyrrole nitrogens is 1. The molecule has 1 amide bonds. The molecule has 3 N–H and O–H groups in total. The van der Waals surface area contributed by atoms with Crippen LogP contribution >= 0.6 is 11.3 Å². The molecule has 4 rings (SSSR count). The summed E-state index contributed by atoms with van der Waals surface area (Å²) >= 11 is 1.46. The number of nitrogens with zero attached hydrogens (tertiary/aromatic N) is 4. The summed E-state index contributed by atoms with van der Waals surface area (Å²) in [6, 6.07) is 8.54. The second-order valence-electron chi connectivity index (χ2n) is 7.02. The van der Waals surface area contributed by atoms with Gasteiger partial charge in [-0.3, -0.25) is 4.90 Å². The number of nitrogens with two attached hydrogens (primary N) is 1. The molecule has 0 saturated carbocycles. The highest BCUT2D eigenvalue weighted by Gasteiger charge is 2.19. The number of primary amides is 1. The summed E-state index contributed by atoms with van der Waals surface area (Å²) in [7, 11) is 0. The quantitative estimate of drug-likeness (QED) is 0.646. The van der Waals surface area contributed by atoms with Crippen LogP contribution in [0.3, 0.4) is 0 Å². The topological polar surface area (TPSA) is 111 Å². The molecule has 1 saturated heterocycles. The molecule has 1 fully saturated rings. The maximum absolute atomic E-state index is 10.8. The number of hydrogen-bond acceptors (Lipinski definition) is 7. The van der Waals surface area contributed by atoms with E-state index < -0.39 is 6.09 Å². The predicted octanol–water partition coefficient (Wildman–Crippen LogP) is 2.71. The molecule has 29 heavy (non-hydrogen) atoms. The van der Waals surface area contributed by atoms with Gasteiger partial charge >= 0.3 is 6.09 Å². The summed E-state index contributed by atoms with van der Waals surface area (Å²) in [5.74, 6) is 0.263.